The minimum absolute atomic E-state index is 0.00209. The quantitative estimate of drug-likeness (QED) is 0.903. The van der Waals surface area contributed by atoms with Gasteiger partial charge in [0.15, 0.2) is 5.69 Å². The molecule has 21 heavy (non-hydrogen) atoms. The Balaban J connectivity index is 1.83. The number of piperazine rings is 1. The molecule has 1 atom stereocenters. The van der Waals surface area contributed by atoms with Crippen LogP contribution < -0.4 is 5.32 Å². The first-order valence-electron chi connectivity index (χ1n) is 6.98. The lowest BCUT2D eigenvalue weighted by Gasteiger charge is -2.33. The van der Waals surface area contributed by atoms with Gasteiger partial charge >= 0.3 is 0 Å². The zero-order valence-electron chi connectivity index (χ0n) is 11.8. The van der Waals surface area contributed by atoms with Crippen molar-refractivity contribution in [3.8, 4) is 5.69 Å². The number of nitrogens with zero attached hydrogens (tertiary/aromatic N) is 3. The van der Waals surface area contributed by atoms with Gasteiger partial charge in [0.1, 0.15) is 0 Å². The molecule has 0 unspecified atom stereocenters. The normalized spacial score (nSPS) is 18.8. The topological polar surface area (TPSA) is 50.2 Å². The molecule has 1 aliphatic heterocycles. The second kappa shape index (κ2) is 5.99. The summed E-state index contributed by atoms with van der Waals surface area (Å²) in [5, 5.41) is 7.70. The van der Waals surface area contributed by atoms with Gasteiger partial charge in [-0.05, 0) is 31.2 Å². The summed E-state index contributed by atoms with van der Waals surface area (Å²) in [5.41, 5.74) is 1.42. The smallest absolute Gasteiger partial charge is 0.274 e. The van der Waals surface area contributed by atoms with Gasteiger partial charge in [-0.2, -0.15) is 5.10 Å². The first kappa shape index (κ1) is 14.3. The molecule has 1 aromatic heterocycles. The van der Waals surface area contributed by atoms with Gasteiger partial charge in [-0.25, -0.2) is 4.68 Å². The van der Waals surface area contributed by atoms with Crippen molar-refractivity contribution in [1.82, 2.24) is 20.0 Å². The third-order valence-electron chi connectivity index (χ3n) is 3.64. The summed E-state index contributed by atoms with van der Waals surface area (Å²) in [7, 11) is 0. The molecule has 0 radical (unpaired) electrons. The van der Waals surface area contributed by atoms with Gasteiger partial charge in [0.05, 0.1) is 5.69 Å². The summed E-state index contributed by atoms with van der Waals surface area (Å²) < 4.78 is 2.71. The minimum atomic E-state index is -0.00209. The van der Waals surface area contributed by atoms with Gasteiger partial charge in [0.25, 0.3) is 5.91 Å². The number of carbonyl (C=O) groups excluding carboxylic acids is 1. The summed E-state index contributed by atoms with van der Waals surface area (Å²) in [6, 6.07) is 9.80. The maximum absolute atomic E-state index is 12.5. The molecule has 0 saturated carbocycles. The van der Waals surface area contributed by atoms with E-state index in [9.17, 15) is 4.79 Å². The lowest BCUT2D eigenvalue weighted by molar-refractivity contribution is 0.0649. The Morgan fingerprint density at radius 1 is 1.43 bits per heavy atom. The summed E-state index contributed by atoms with van der Waals surface area (Å²) in [5.74, 6) is -0.00209. The Morgan fingerprint density at radius 3 is 3.05 bits per heavy atom. The molecule has 1 N–H and O–H groups in total. The van der Waals surface area contributed by atoms with E-state index in [1.54, 1.807) is 10.7 Å². The summed E-state index contributed by atoms with van der Waals surface area (Å²) in [4.78, 5) is 14.4. The molecule has 1 aromatic carbocycles. The second-order valence-corrected chi connectivity index (χ2v) is 6.09. The van der Waals surface area contributed by atoms with Crippen LogP contribution in [0.25, 0.3) is 5.69 Å². The predicted octanol–water partition coefficient (Wildman–Crippen LogP) is 2.07. The molecule has 2 heterocycles. The number of carbonyl (C=O) groups is 1. The first-order chi connectivity index (χ1) is 10.1. The third-order valence-corrected chi connectivity index (χ3v) is 4.14. The Morgan fingerprint density at radius 2 is 2.29 bits per heavy atom. The number of rotatable bonds is 2. The summed E-state index contributed by atoms with van der Waals surface area (Å²) in [6.45, 7) is 4.44. The van der Waals surface area contributed by atoms with Crippen LogP contribution in [-0.2, 0) is 0 Å². The van der Waals surface area contributed by atoms with Crippen LogP contribution in [0.4, 0.5) is 0 Å². The molecule has 110 valence electrons. The highest BCUT2D eigenvalue weighted by atomic mass is 79.9. The fourth-order valence-corrected chi connectivity index (χ4v) is 2.88. The zero-order valence-corrected chi connectivity index (χ0v) is 13.4. The number of aromatic nitrogens is 2. The number of amides is 1. The number of benzene rings is 1. The van der Waals surface area contributed by atoms with Crippen molar-refractivity contribution in [3.05, 3.63) is 46.7 Å². The highest BCUT2D eigenvalue weighted by Crippen LogP contribution is 2.16. The van der Waals surface area contributed by atoms with Gasteiger partial charge in [0, 0.05) is 36.3 Å². The van der Waals surface area contributed by atoms with E-state index in [4.69, 9.17) is 0 Å². The van der Waals surface area contributed by atoms with Gasteiger partial charge in [0.2, 0.25) is 0 Å². The van der Waals surface area contributed by atoms with E-state index in [-0.39, 0.29) is 11.9 Å². The lowest BCUT2D eigenvalue weighted by atomic mass is 10.2. The van der Waals surface area contributed by atoms with Gasteiger partial charge in [-0.15, -0.1) is 0 Å². The van der Waals surface area contributed by atoms with E-state index in [0.29, 0.717) is 5.69 Å². The minimum Gasteiger partial charge on any atom is -0.332 e. The first-order valence-corrected chi connectivity index (χ1v) is 7.78. The van der Waals surface area contributed by atoms with Crippen molar-refractivity contribution in [2.24, 2.45) is 0 Å². The molecule has 0 aliphatic carbocycles. The predicted molar refractivity (Wildman–Crippen MR) is 84.6 cm³/mol. The largest absolute Gasteiger partial charge is 0.332 e. The molecule has 2 aromatic rings. The van der Waals surface area contributed by atoms with Gasteiger partial charge in [-0.1, -0.05) is 22.0 Å². The monoisotopic (exact) mass is 348 g/mol. The van der Waals surface area contributed by atoms with Gasteiger partial charge < -0.3 is 10.2 Å². The van der Waals surface area contributed by atoms with Crippen molar-refractivity contribution >= 4 is 21.8 Å². The molecule has 0 spiro atoms. The molecular formula is C15H17BrN4O. The fourth-order valence-electron chi connectivity index (χ4n) is 2.49. The lowest BCUT2D eigenvalue weighted by Crippen LogP contribution is -2.52. The fraction of sp³-hybridized carbons (Fsp3) is 0.333. The summed E-state index contributed by atoms with van der Waals surface area (Å²) >= 11 is 3.44. The average Bonchev–Trinajstić information content (AvgIpc) is 2.97. The molecule has 0 bridgehead atoms. The van der Waals surface area contributed by atoms with E-state index in [0.717, 1.165) is 29.8 Å². The van der Waals surface area contributed by atoms with Crippen LogP contribution in [0.5, 0.6) is 0 Å². The number of hydrogen-bond donors (Lipinski definition) is 1. The van der Waals surface area contributed by atoms with Crippen LogP contribution in [0.2, 0.25) is 0 Å². The molecular weight excluding hydrogens is 332 g/mol. The average molecular weight is 349 g/mol. The summed E-state index contributed by atoms with van der Waals surface area (Å²) in [6.07, 6.45) is 1.82. The van der Waals surface area contributed by atoms with Crippen LogP contribution in [0.15, 0.2) is 41.0 Å². The second-order valence-electron chi connectivity index (χ2n) is 5.18. The van der Waals surface area contributed by atoms with Crippen molar-refractivity contribution in [1.29, 1.82) is 0 Å². The molecule has 3 rings (SSSR count). The number of hydrogen-bond acceptors (Lipinski definition) is 3. The third kappa shape index (κ3) is 3.01. The molecule has 1 saturated heterocycles. The number of halogens is 1. The molecule has 6 heteroatoms. The van der Waals surface area contributed by atoms with Crippen LogP contribution in [0.1, 0.15) is 17.4 Å². The van der Waals surface area contributed by atoms with E-state index >= 15 is 0 Å². The van der Waals surface area contributed by atoms with Crippen LogP contribution in [-0.4, -0.2) is 46.3 Å². The zero-order chi connectivity index (χ0) is 14.8. The van der Waals surface area contributed by atoms with E-state index in [1.807, 2.05) is 35.4 Å². The SMILES string of the molecule is C[C@H]1CNCCN1C(=O)c1ccn(-c2cccc(Br)c2)n1. The Labute approximate surface area is 132 Å². The maximum atomic E-state index is 12.5. The highest BCUT2D eigenvalue weighted by molar-refractivity contribution is 9.10. The van der Waals surface area contributed by atoms with Crippen LogP contribution in [0, 0.1) is 0 Å². The Kier molecular flexibility index (Phi) is 4.07. The van der Waals surface area contributed by atoms with E-state index < -0.39 is 0 Å². The molecule has 5 nitrogen and oxygen atoms in total. The van der Waals surface area contributed by atoms with E-state index in [1.165, 1.54) is 0 Å². The van der Waals surface area contributed by atoms with Gasteiger partial charge in [-0.3, -0.25) is 4.79 Å². The molecule has 1 aliphatic rings. The maximum Gasteiger partial charge on any atom is 0.274 e. The highest BCUT2D eigenvalue weighted by Gasteiger charge is 2.25. The Hall–Kier alpha value is -1.66. The standard InChI is InChI=1S/C15H17BrN4O/c1-11-10-17-6-8-19(11)15(21)14-5-7-20(18-14)13-4-2-3-12(16)9-13/h2-5,7,9,11,17H,6,8,10H2,1H3/t11-/m0/s1. The van der Waals surface area contributed by atoms with Crippen molar-refractivity contribution in [2.75, 3.05) is 19.6 Å². The van der Waals surface area contributed by atoms with E-state index in [2.05, 4.69) is 33.3 Å². The Bertz CT molecular complexity index is 655. The van der Waals surface area contributed by atoms with Crippen molar-refractivity contribution in [3.63, 3.8) is 0 Å². The van der Waals surface area contributed by atoms with Crippen molar-refractivity contribution in [2.45, 2.75) is 13.0 Å². The van der Waals surface area contributed by atoms with Crippen LogP contribution >= 0.6 is 15.9 Å². The number of nitrogens with one attached hydrogen (secondary N) is 1. The van der Waals surface area contributed by atoms with Crippen LogP contribution in [0.3, 0.4) is 0 Å². The molecule has 1 fully saturated rings. The van der Waals surface area contributed by atoms with Crippen molar-refractivity contribution < 1.29 is 4.79 Å². The molecule has 1 amide bonds.